The molecule has 0 aromatic carbocycles. The molecule has 0 saturated carbocycles. The number of rotatable bonds is 0. The predicted octanol–water partition coefficient (Wildman–Crippen LogP) is 0.855. The molecule has 1 aliphatic rings. The van der Waals surface area contributed by atoms with Crippen molar-refractivity contribution in [1.82, 2.24) is 0 Å². The van der Waals surface area contributed by atoms with Crippen molar-refractivity contribution < 1.29 is 0 Å². The van der Waals surface area contributed by atoms with Crippen LogP contribution in [-0.2, 0) is 0 Å². The van der Waals surface area contributed by atoms with E-state index in [9.17, 15) is 0 Å². The highest BCUT2D eigenvalue weighted by atomic mass is 32.6. The fourth-order valence-electron chi connectivity index (χ4n) is 0.440. The van der Waals surface area contributed by atoms with Gasteiger partial charge in [-0.05, 0) is 17.9 Å². The van der Waals surface area contributed by atoms with Crippen LogP contribution in [0.15, 0.2) is 0 Å². The molecule has 0 atom stereocenters. The molecule has 1 fully saturated rings. The zero-order valence-corrected chi connectivity index (χ0v) is 6.69. The summed E-state index contributed by atoms with van der Waals surface area (Å²) < 4.78 is 0. The minimum absolute atomic E-state index is 0.342. The van der Waals surface area contributed by atoms with E-state index in [1.165, 1.54) is 17.9 Å². The van der Waals surface area contributed by atoms with Crippen LogP contribution < -0.4 is 0 Å². The van der Waals surface area contributed by atoms with E-state index >= 15 is 0 Å². The molecule has 3 heteroatoms. The summed E-state index contributed by atoms with van der Waals surface area (Å²) in [6, 6.07) is 0. The van der Waals surface area contributed by atoms with Crippen LogP contribution in [-0.4, -0.2) is 19.3 Å². The van der Waals surface area contributed by atoms with E-state index in [1.807, 2.05) is 0 Å². The van der Waals surface area contributed by atoms with Gasteiger partial charge in [0, 0.05) is 0 Å². The Kier molecular flexibility index (Phi) is 2.52. The van der Waals surface area contributed by atoms with Gasteiger partial charge in [0.1, 0.15) is 7.82 Å². The van der Waals surface area contributed by atoms with Crippen molar-refractivity contribution in [2.24, 2.45) is 0 Å². The average Bonchev–Trinajstić information content (AvgIpc) is 1.72. The summed E-state index contributed by atoms with van der Waals surface area (Å²) in [5, 5.41) is 0. The standard InChI is InChI=1S/C3H8S2Si/c1-2-4-6-5-3-1/h1-3,6H2. The first-order valence-electron chi connectivity index (χ1n) is 2.15. The highest BCUT2D eigenvalue weighted by Gasteiger charge is 1.96. The summed E-state index contributed by atoms with van der Waals surface area (Å²) in [4.78, 5) is 0. The maximum atomic E-state index is 2.20. The van der Waals surface area contributed by atoms with Crippen molar-refractivity contribution in [3.63, 3.8) is 0 Å². The summed E-state index contributed by atoms with van der Waals surface area (Å²) in [5.41, 5.74) is 0. The SMILES string of the molecule is C1CS[SiH2]SC1. The molecule has 0 bridgehead atoms. The van der Waals surface area contributed by atoms with Gasteiger partial charge >= 0.3 is 0 Å². The zero-order valence-electron chi connectivity index (χ0n) is 3.64. The maximum Gasteiger partial charge on any atom is 0.146 e. The highest BCUT2D eigenvalue weighted by Crippen LogP contribution is 2.17. The van der Waals surface area contributed by atoms with E-state index in [2.05, 4.69) is 22.4 Å². The third-order valence-electron chi connectivity index (χ3n) is 0.744. The molecule has 36 valence electrons. The van der Waals surface area contributed by atoms with E-state index in [0.717, 1.165) is 0 Å². The fraction of sp³-hybridized carbons (Fsp3) is 1.00. The molecule has 0 radical (unpaired) electrons. The lowest BCUT2D eigenvalue weighted by Crippen LogP contribution is -1.93. The minimum Gasteiger partial charge on any atom is -0.180 e. The Morgan fingerprint density at radius 3 is 2.00 bits per heavy atom. The van der Waals surface area contributed by atoms with Crippen LogP contribution in [0.5, 0.6) is 0 Å². The topological polar surface area (TPSA) is 0 Å². The first kappa shape index (κ1) is 5.06. The summed E-state index contributed by atoms with van der Waals surface area (Å²) in [5.74, 6) is 2.92. The smallest absolute Gasteiger partial charge is 0.146 e. The van der Waals surface area contributed by atoms with Crippen molar-refractivity contribution >= 4 is 30.2 Å². The van der Waals surface area contributed by atoms with Crippen molar-refractivity contribution in [2.45, 2.75) is 6.42 Å². The quantitative estimate of drug-likeness (QED) is 0.453. The second-order valence-electron chi connectivity index (χ2n) is 1.29. The van der Waals surface area contributed by atoms with E-state index in [0.29, 0.717) is 7.82 Å². The molecule has 1 rings (SSSR count). The van der Waals surface area contributed by atoms with E-state index in [1.54, 1.807) is 0 Å². The van der Waals surface area contributed by atoms with Crippen molar-refractivity contribution in [2.75, 3.05) is 11.5 Å². The molecular weight excluding hydrogens is 128 g/mol. The van der Waals surface area contributed by atoms with Crippen LogP contribution >= 0.6 is 22.4 Å². The van der Waals surface area contributed by atoms with Gasteiger partial charge in [-0.15, -0.1) is 0 Å². The second-order valence-corrected chi connectivity index (χ2v) is 8.43. The first-order valence-corrected chi connectivity index (χ1v) is 7.93. The van der Waals surface area contributed by atoms with Gasteiger partial charge in [-0.3, -0.25) is 0 Å². The van der Waals surface area contributed by atoms with Gasteiger partial charge in [-0.2, -0.15) is 22.4 Å². The third kappa shape index (κ3) is 1.58. The Balaban J connectivity index is 2.00. The molecule has 0 aromatic heterocycles. The van der Waals surface area contributed by atoms with Crippen molar-refractivity contribution in [3.8, 4) is 0 Å². The molecule has 0 N–H and O–H groups in total. The van der Waals surface area contributed by atoms with Crippen molar-refractivity contribution in [3.05, 3.63) is 0 Å². The summed E-state index contributed by atoms with van der Waals surface area (Å²) in [6.07, 6.45) is 1.46. The number of hydrogen-bond acceptors (Lipinski definition) is 2. The lowest BCUT2D eigenvalue weighted by atomic mass is 10.6. The van der Waals surface area contributed by atoms with Gasteiger partial charge in [0.05, 0.1) is 0 Å². The monoisotopic (exact) mass is 136 g/mol. The normalized spacial score (nSPS) is 24.0. The molecule has 0 aromatic rings. The van der Waals surface area contributed by atoms with Crippen LogP contribution in [0.3, 0.4) is 0 Å². The minimum atomic E-state index is 0.342. The Morgan fingerprint density at radius 1 is 1.17 bits per heavy atom. The van der Waals surface area contributed by atoms with Gasteiger partial charge in [0.25, 0.3) is 0 Å². The Hall–Kier alpha value is 0.917. The molecule has 1 aliphatic heterocycles. The van der Waals surface area contributed by atoms with Crippen molar-refractivity contribution in [1.29, 1.82) is 0 Å². The molecule has 1 heterocycles. The molecule has 0 spiro atoms. The fourth-order valence-corrected chi connectivity index (χ4v) is 7.14. The summed E-state index contributed by atoms with van der Waals surface area (Å²) in [7, 11) is 0.342. The third-order valence-corrected chi connectivity index (χ3v) is 7.96. The van der Waals surface area contributed by atoms with E-state index in [4.69, 9.17) is 0 Å². The van der Waals surface area contributed by atoms with E-state index < -0.39 is 0 Å². The summed E-state index contributed by atoms with van der Waals surface area (Å²) >= 11 is 4.39. The van der Waals surface area contributed by atoms with Crippen LogP contribution in [0.25, 0.3) is 0 Å². The maximum absolute atomic E-state index is 2.20. The van der Waals surface area contributed by atoms with Gasteiger partial charge < -0.3 is 0 Å². The average molecular weight is 136 g/mol. The Labute approximate surface area is 48.6 Å². The highest BCUT2D eigenvalue weighted by molar-refractivity contribution is 8.50. The second kappa shape index (κ2) is 2.99. The van der Waals surface area contributed by atoms with Crippen LogP contribution in [0.1, 0.15) is 6.42 Å². The Morgan fingerprint density at radius 2 is 1.83 bits per heavy atom. The van der Waals surface area contributed by atoms with Crippen LogP contribution in [0, 0.1) is 0 Å². The lowest BCUT2D eigenvalue weighted by molar-refractivity contribution is 1.13. The Bertz CT molecular complexity index is 24.3. The number of hydrogen-bond donors (Lipinski definition) is 0. The molecule has 0 aliphatic carbocycles. The first-order chi connectivity index (χ1) is 3.00. The molecule has 0 unspecified atom stereocenters. The van der Waals surface area contributed by atoms with Gasteiger partial charge in [-0.25, -0.2) is 0 Å². The molecule has 0 amide bonds. The molecule has 0 nitrogen and oxygen atoms in total. The lowest BCUT2D eigenvalue weighted by Gasteiger charge is -2.05. The van der Waals surface area contributed by atoms with E-state index in [-0.39, 0.29) is 0 Å². The van der Waals surface area contributed by atoms with Crippen LogP contribution in [0.2, 0.25) is 0 Å². The van der Waals surface area contributed by atoms with Gasteiger partial charge in [0.15, 0.2) is 0 Å². The van der Waals surface area contributed by atoms with Crippen LogP contribution in [0.4, 0.5) is 0 Å². The molecule has 6 heavy (non-hydrogen) atoms. The molecule has 1 saturated heterocycles. The van der Waals surface area contributed by atoms with Gasteiger partial charge in [-0.1, -0.05) is 0 Å². The zero-order chi connectivity index (χ0) is 4.24. The predicted molar refractivity (Wildman–Crippen MR) is 38.1 cm³/mol. The van der Waals surface area contributed by atoms with Gasteiger partial charge in [0.2, 0.25) is 0 Å². The summed E-state index contributed by atoms with van der Waals surface area (Å²) in [6.45, 7) is 0. The largest absolute Gasteiger partial charge is 0.180 e. The molecular formula is C3H8S2Si.